The summed E-state index contributed by atoms with van der Waals surface area (Å²) in [5.74, 6) is 0.540. The lowest BCUT2D eigenvalue weighted by molar-refractivity contribution is -0.124. The van der Waals surface area contributed by atoms with Crippen LogP contribution in [-0.2, 0) is 4.79 Å². The maximum absolute atomic E-state index is 11.9. The number of nitrogens with one attached hydrogen (secondary N) is 1. The van der Waals surface area contributed by atoms with Crippen molar-refractivity contribution in [2.45, 2.75) is 52.6 Å². The van der Waals surface area contributed by atoms with Gasteiger partial charge in [0.05, 0.1) is 17.9 Å². The van der Waals surface area contributed by atoms with Crippen LogP contribution >= 0.6 is 0 Å². The fourth-order valence-electron chi connectivity index (χ4n) is 1.61. The van der Waals surface area contributed by atoms with E-state index in [4.69, 9.17) is 5.73 Å². The van der Waals surface area contributed by atoms with E-state index in [1.807, 2.05) is 6.92 Å². The van der Waals surface area contributed by atoms with Crippen LogP contribution in [0.3, 0.4) is 0 Å². The molecule has 0 bridgehead atoms. The number of rotatable bonds is 7. The van der Waals surface area contributed by atoms with Gasteiger partial charge in [0.25, 0.3) is 0 Å². The number of nitrogens with zero attached hydrogens (tertiary/aromatic N) is 3. The molecule has 0 saturated heterocycles. The number of carbonyl (C=O) groups is 1. The summed E-state index contributed by atoms with van der Waals surface area (Å²) in [6, 6.07) is -0.484. The van der Waals surface area contributed by atoms with Crippen molar-refractivity contribution in [2.75, 3.05) is 6.54 Å². The minimum absolute atomic E-state index is 0.0397. The number of aromatic nitrogens is 3. The lowest BCUT2D eigenvalue weighted by atomic mass is 10.1. The molecule has 0 spiro atoms. The highest BCUT2D eigenvalue weighted by Gasteiger charge is 2.17. The van der Waals surface area contributed by atoms with E-state index in [2.05, 4.69) is 29.5 Å². The fourth-order valence-corrected chi connectivity index (χ4v) is 1.61. The van der Waals surface area contributed by atoms with Gasteiger partial charge >= 0.3 is 0 Å². The summed E-state index contributed by atoms with van der Waals surface area (Å²) in [6.45, 7) is 8.75. The lowest BCUT2D eigenvalue weighted by Gasteiger charge is -2.12. The van der Waals surface area contributed by atoms with Crippen LogP contribution in [-0.4, -0.2) is 27.4 Å². The molecule has 0 saturated carbocycles. The van der Waals surface area contributed by atoms with E-state index in [0.29, 0.717) is 12.5 Å². The molecule has 1 heterocycles. The van der Waals surface area contributed by atoms with Gasteiger partial charge in [-0.15, -0.1) is 5.10 Å². The van der Waals surface area contributed by atoms with E-state index in [1.54, 1.807) is 17.8 Å². The Morgan fingerprint density at radius 2 is 2.16 bits per heavy atom. The summed E-state index contributed by atoms with van der Waals surface area (Å²) in [6.07, 6.45) is 3.52. The van der Waals surface area contributed by atoms with Crippen molar-refractivity contribution in [3.05, 3.63) is 11.9 Å². The van der Waals surface area contributed by atoms with Gasteiger partial charge in [-0.05, 0) is 25.7 Å². The van der Waals surface area contributed by atoms with Gasteiger partial charge in [-0.25, -0.2) is 4.68 Å². The smallest absolute Gasteiger partial charge is 0.244 e. The van der Waals surface area contributed by atoms with Crippen molar-refractivity contribution in [3.63, 3.8) is 0 Å². The van der Waals surface area contributed by atoms with Crippen LogP contribution in [0.4, 0.5) is 0 Å². The molecule has 19 heavy (non-hydrogen) atoms. The standard InChI is InChI=1S/C13H25N5O/c1-5-11(14)12-8-18(17-16-12)10(4)13(19)15-7-6-9(2)3/h8-11H,5-7,14H2,1-4H3,(H,15,19). The molecular weight excluding hydrogens is 242 g/mol. The van der Waals surface area contributed by atoms with E-state index in [1.165, 1.54) is 0 Å². The highest BCUT2D eigenvalue weighted by atomic mass is 16.2. The van der Waals surface area contributed by atoms with Crippen molar-refractivity contribution < 1.29 is 4.79 Å². The summed E-state index contributed by atoms with van der Waals surface area (Å²) in [7, 11) is 0. The Kier molecular flexibility index (Phi) is 5.95. The highest BCUT2D eigenvalue weighted by molar-refractivity contribution is 5.79. The Morgan fingerprint density at radius 1 is 1.47 bits per heavy atom. The molecule has 6 nitrogen and oxygen atoms in total. The zero-order valence-corrected chi connectivity index (χ0v) is 12.3. The van der Waals surface area contributed by atoms with Crippen LogP contribution in [0, 0.1) is 5.92 Å². The molecule has 0 aromatic carbocycles. The van der Waals surface area contributed by atoms with Crippen molar-refractivity contribution in [1.29, 1.82) is 0 Å². The zero-order valence-electron chi connectivity index (χ0n) is 12.3. The van der Waals surface area contributed by atoms with Crippen LogP contribution < -0.4 is 11.1 Å². The van der Waals surface area contributed by atoms with E-state index in [0.717, 1.165) is 18.5 Å². The minimum Gasteiger partial charge on any atom is -0.354 e. The van der Waals surface area contributed by atoms with Crippen LogP contribution in [0.1, 0.15) is 58.3 Å². The second-order valence-electron chi connectivity index (χ2n) is 5.29. The Bertz CT molecular complexity index is 401. The molecule has 108 valence electrons. The quantitative estimate of drug-likeness (QED) is 0.782. The lowest BCUT2D eigenvalue weighted by Crippen LogP contribution is -2.32. The maximum Gasteiger partial charge on any atom is 0.244 e. The number of hydrogen-bond acceptors (Lipinski definition) is 4. The summed E-state index contributed by atoms with van der Waals surface area (Å²) in [5, 5.41) is 10.9. The van der Waals surface area contributed by atoms with E-state index in [9.17, 15) is 4.79 Å². The average molecular weight is 267 g/mol. The molecule has 2 atom stereocenters. The topological polar surface area (TPSA) is 85.8 Å². The van der Waals surface area contributed by atoms with Gasteiger partial charge in [-0.2, -0.15) is 0 Å². The molecule has 1 rings (SSSR count). The Hall–Kier alpha value is -1.43. The Morgan fingerprint density at radius 3 is 2.74 bits per heavy atom. The van der Waals surface area contributed by atoms with Crippen molar-refractivity contribution in [1.82, 2.24) is 20.3 Å². The van der Waals surface area contributed by atoms with Crippen LogP contribution in [0.15, 0.2) is 6.20 Å². The third-order valence-electron chi connectivity index (χ3n) is 3.14. The third kappa shape index (κ3) is 4.63. The molecular formula is C13H25N5O. The summed E-state index contributed by atoms with van der Waals surface area (Å²) < 4.78 is 1.57. The second-order valence-corrected chi connectivity index (χ2v) is 5.29. The molecule has 1 amide bonds. The van der Waals surface area contributed by atoms with Gasteiger partial charge in [0.2, 0.25) is 5.91 Å². The summed E-state index contributed by atoms with van der Waals surface area (Å²) in [5.41, 5.74) is 6.61. The first kappa shape index (κ1) is 15.6. The predicted molar refractivity (Wildman–Crippen MR) is 74.4 cm³/mol. The van der Waals surface area contributed by atoms with Crippen molar-refractivity contribution in [2.24, 2.45) is 11.7 Å². The molecule has 0 aliphatic heterocycles. The van der Waals surface area contributed by atoms with Crippen LogP contribution in [0.5, 0.6) is 0 Å². The van der Waals surface area contributed by atoms with Crippen LogP contribution in [0.25, 0.3) is 0 Å². The molecule has 2 unspecified atom stereocenters. The Labute approximate surface area is 114 Å². The molecule has 1 aromatic heterocycles. The minimum atomic E-state index is -0.363. The van der Waals surface area contributed by atoms with E-state index in [-0.39, 0.29) is 18.0 Å². The zero-order chi connectivity index (χ0) is 14.4. The fraction of sp³-hybridized carbons (Fsp3) is 0.769. The predicted octanol–water partition coefficient (Wildman–Crippen LogP) is 1.41. The van der Waals surface area contributed by atoms with Crippen LogP contribution in [0.2, 0.25) is 0 Å². The van der Waals surface area contributed by atoms with Gasteiger partial charge in [-0.3, -0.25) is 4.79 Å². The first-order valence-corrected chi connectivity index (χ1v) is 6.90. The number of nitrogens with two attached hydrogens (primary N) is 1. The van der Waals surface area contributed by atoms with Gasteiger partial charge in [0, 0.05) is 6.54 Å². The Balaban J connectivity index is 2.54. The molecule has 6 heteroatoms. The first-order valence-electron chi connectivity index (χ1n) is 6.90. The molecule has 0 aliphatic rings. The first-order chi connectivity index (χ1) is 8.95. The molecule has 1 aromatic rings. The van der Waals surface area contributed by atoms with Gasteiger partial charge in [0.1, 0.15) is 6.04 Å². The molecule has 0 aliphatic carbocycles. The molecule has 0 fully saturated rings. The maximum atomic E-state index is 11.9. The normalized spacial score (nSPS) is 14.4. The van der Waals surface area contributed by atoms with E-state index >= 15 is 0 Å². The van der Waals surface area contributed by atoms with Crippen molar-refractivity contribution >= 4 is 5.91 Å². The van der Waals surface area contributed by atoms with E-state index < -0.39 is 0 Å². The van der Waals surface area contributed by atoms with Crippen molar-refractivity contribution in [3.8, 4) is 0 Å². The monoisotopic (exact) mass is 267 g/mol. The highest BCUT2D eigenvalue weighted by Crippen LogP contribution is 2.12. The molecule has 3 N–H and O–H groups in total. The second kappa shape index (κ2) is 7.23. The summed E-state index contributed by atoms with van der Waals surface area (Å²) >= 11 is 0. The SMILES string of the molecule is CCC(N)c1cn(C(C)C(=O)NCCC(C)C)nn1. The van der Waals surface area contributed by atoms with Gasteiger partial charge in [0.15, 0.2) is 0 Å². The molecule has 0 radical (unpaired) electrons. The number of hydrogen-bond donors (Lipinski definition) is 2. The number of carbonyl (C=O) groups excluding carboxylic acids is 1. The third-order valence-corrected chi connectivity index (χ3v) is 3.14. The van der Waals surface area contributed by atoms with Gasteiger partial charge in [-0.1, -0.05) is 26.0 Å². The largest absolute Gasteiger partial charge is 0.354 e. The average Bonchev–Trinajstić information content (AvgIpc) is 2.85. The van der Waals surface area contributed by atoms with Gasteiger partial charge < -0.3 is 11.1 Å². The number of amides is 1. The summed E-state index contributed by atoms with van der Waals surface area (Å²) in [4.78, 5) is 11.9.